The van der Waals surface area contributed by atoms with Crippen molar-refractivity contribution in [2.24, 2.45) is 7.05 Å². The van der Waals surface area contributed by atoms with Gasteiger partial charge >= 0.3 is 12.0 Å². The molecule has 0 aliphatic heterocycles. The summed E-state index contributed by atoms with van der Waals surface area (Å²) in [6.07, 6.45) is 1.62. The Morgan fingerprint density at radius 2 is 1.94 bits per heavy atom. The minimum atomic E-state index is -0.704. The predicted molar refractivity (Wildman–Crippen MR) is 118 cm³/mol. The van der Waals surface area contributed by atoms with Crippen LogP contribution in [0.1, 0.15) is 28.8 Å². The minimum absolute atomic E-state index is 0.246. The number of aromatic nitrogens is 4. The zero-order valence-electron chi connectivity index (χ0n) is 18.5. The number of aryl methyl sites for hydroxylation is 1. The second-order valence-corrected chi connectivity index (χ2v) is 7.53. The average molecular weight is 455 g/mol. The molecule has 0 radical (unpaired) electrons. The largest absolute Gasteiger partial charge is 0.363 e. The number of carbonyl (C=O) groups excluding carboxylic acids is 2. The number of hydrogen-bond donors (Lipinski definition) is 2. The van der Waals surface area contributed by atoms with Crippen molar-refractivity contribution in [3.05, 3.63) is 65.5 Å². The molecule has 174 valence electrons. The number of nitrogens with zero attached hydrogens (tertiary/aromatic N) is 5. The van der Waals surface area contributed by atoms with Crippen LogP contribution in [0.25, 0.3) is 11.4 Å². The van der Waals surface area contributed by atoms with Crippen LogP contribution in [-0.2, 0) is 18.4 Å². The normalized spacial score (nSPS) is 10.8. The molecule has 0 fully saturated rings. The lowest BCUT2D eigenvalue weighted by atomic mass is 10.1. The molecule has 0 atom stereocenters. The zero-order chi connectivity index (χ0) is 23.6. The fourth-order valence-electron chi connectivity index (χ4n) is 3.14. The number of tetrazole rings is 1. The molecule has 0 unspecified atom stereocenters. The van der Waals surface area contributed by atoms with E-state index in [9.17, 15) is 14.0 Å². The van der Waals surface area contributed by atoms with E-state index in [4.69, 9.17) is 4.84 Å². The van der Waals surface area contributed by atoms with Gasteiger partial charge in [0.2, 0.25) is 0 Å². The number of rotatable bonds is 9. The fraction of sp³-hybridized carbons (Fsp3) is 0.318. The maximum atomic E-state index is 13.0. The second-order valence-electron chi connectivity index (χ2n) is 7.53. The van der Waals surface area contributed by atoms with Gasteiger partial charge in [0.25, 0.3) is 0 Å². The van der Waals surface area contributed by atoms with Gasteiger partial charge in [-0.1, -0.05) is 24.3 Å². The van der Waals surface area contributed by atoms with Crippen LogP contribution in [0.4, 0.5) is 9.18 Å². The van der Waals surface area contributed by atoms with E-state index in [0.717, 1.165) is 31.5 Å². The zero-order valence-corrected chi connectivity index (χ0v) is 18.5. The Hall–Kier alpha value is -3.86. The smallest absolute Gasteiger partial charge is 0.336 e. The first-order chi connectivity index (χ1) is 15.9. The fourth-order valence-corrected chi connectivity index (χ4v) is 3.14. The molecule has 11 heteroatoms. The SMILES string of the molecule is CN(CCCCNC(=O)NOC(=O)c1cccc(-c2nnnn2C)c1)Cc1ccc(F)cc1. The Bertz CT molecular complexity index is 1070. The average Bonchev–Trinajstić information content (AvgIpc) is 3.24. The summed E-state index contributed by atoms with van der Waals surface area (Å²) in [7, 11) is 3.68. The first-order valence-electron chi connectivity index (χ1n) is 10.4. The molecule has 10 nitrogen and oxygen atoms in total. The van der Waals surface area contributed by atoms with Gasteiger partial charge in [0.1, 0.15) is 5.82 Å². The van der Waals surface area contributed by atoms with Gasteiger partial charge in [0.05, 0.1) is 5.56 Å². The van der Waals surface area contributed by atoms with Crippen molar-refractivity contribution in [3.63, 3.8) is 0 Å². The van der Waals surface area contributed by atoms with Gasteiger partial charge in [-0.2, -0.15) is 5.48 Å². The Balaban J connectivity index is 1.32. The number of unbranched alkanes of at least 4 members (excludes halogenated alkanes) is 1. The van der Waals surface area contributed by atoms with E-state index in [1.165, 1.54) is 16.8 Å². The molecule has 0 bridgehead atoms. The van der Waals surface area contributed by atoms with Gasteiger partial charge in [-0.05, 0) is 66.7 Å². The Morgan fingerprint density at radius 3 is 2.67 bits per heavy atom. The quantitative estimate of drug-likeness (QED) is 0.376. The molecule has 33 heavy (non-hydrogen) atoms. The molecule has 0 aliphatic rings. The minimum Gasteiger partial charge on any atom is -0.336 e. The summed E-state index contributed by atoms with van der Waals surface area (Å²) in [5, 5.41) is 13.9. The van der Waals surface area contributed by atoms with Gasteiger partial charge < -0.3 is 15.1 Å². The lowest BCUT2D eigenvalue weighted by Crippen LogP contribution is -2.37. The molecular weight excluding hydrogens is 429 g/mol. The molecule has 0 saturated heterocycles. The third-order valence-electron chi connectivity index (χ3n) is 4.83. The monoisotopic (exact) mass is 455 g/mol. The first-order valence-corrected chi connectivity index (χ1v) is 10.4. The lowest BCUT2D eigenvalue weighted by Gasteiger charge is -2.16. The Morgan fingerprint density at radius 1 is 1.15 bits per heavy atom. The van der Waals surface area contributed by atoms with Gasteiger partial charge in [-0.3, -0.25) is 0 Å². The number of urea groups is 1. The van der Waals surface area contributed by atoms with Gasteiger partial charge in [-0.25, -0.2) is 18.7 Å². The van der Waals surface area contributed by atoms with Crippen molar-refractivity contribution < 1.29 is 18.8 Å². The molecule has 1 heterocycles. The molecule has 1 aromatic heterocycles. The molecule has 3 aromatic rings. The van der Waals surface area contributed by atoms with Crippen molar-refractivity contribution in [2.45, 2.75) is 19.4 Å². The van der Waals surface area contributed by atoms with Gasteiger partial charge in [-0.15, -0.1) is 5.10 Å². The van der Waals surface area contributed by atoms with Crippen LogP contribution in [-0.4, -0.2) is 57.2 Å². The van der Waals surface area contributed by atoms with Crippen LogP contribution in [0, 0.1) is 5.82 Å². The topological polar surface area (TPSA) is 114 Å². The Labute approximate surface area is 190 Å². The first kappa shape index (κ1) is 23.8. The van der Waals surface area contributed by atoms with Crippen LogP contribution < -0.4 is 10.8 Å². The van der Waals surface area contributed by atoms with Gasteiger partial charge in [0.15, 0.2) is 5.82 Å². The summed E-state index contributed by atoms with van der Waals surface area (Å²) in [5.74, 6) is -0.451. The van der Waals surface area contributed by atoms with E-state index < -0.39 is 12.0 Å². The van der Waals surface area contributed by atoms with E-state index in [1.54, 1.807) is 43.4 Å². The van der Waals surface area contributed by atoms with Gasteiger partial charge in [0, 0.05) is 25.7 Å². The Kier molecular flexibility index (Phi) is 8.42. The molecule has 0 spiro atoms. The number of halogens is 1. The van der Waals surface area contributed by atoms with Crippen LogP contribution in [0.2, 0.25) is 0 Å². The van der Waals surface area contributed by atoms with Crippen molar-refractivity contribution in [1.82, 2.24) is 35.9 Å². The maximum Gasteiger partial charge on any atom is 0.363 e. The van der Waals surface area contributed by atoms with Crippen LogP contribution in [0.3, 0.4) is 0 Å². The highest BCUT2D eigenvalue weighted by Crippen LogP contribution is 2.17. The third kappa shape index (κ3) is 7.35. The van der Waals surface area contributed by atoms with Crippen molar-refractivity contribution in [2.75, 3.05) is 20.1 Å². The molecule has 2 aromatic carbocycles. The summed E-state index contributed by atoms with van der Waals surface area (Å²) < 4.78 is 14.4. The highest BCUT2D eigenvalue weighted by Gasteiger charge is 2.13. The summed E-state index contributed by atoms with van der Waals surface area (Å²) >= 11 is 0. The molecule has 0 saturated carbocycles. The summed E-state index contributed by atoms with van der Waals surface area (Å²) in [6, 6.07) is 12.4. The van der Waals surface area contributed by atoms with Crippen molar-refractivity contribution >= 4 is 12.0 Å². The van der Waals surface area contributed by atoms with E-state index in [1.807, 2.05) is 7.05 Å². The molecule has 0 aliphatic carbocycles. The maximum absolute atomic E-state index is 13.0. The number of carbonyl (C=O) groups is 2. The highest BCUT2D eigenvalue weighted by atomic mass is 19.1. The van der Waals surface area contributed by atoms with Crippen molar-refractivity contribution in [1.29, 1.82) is 0 Å². The summed E-state index contributed by atoms with van der Waals surface area (Å²) in [5.41, 5.74) is 4.03. The van der Waals surface area contributed by atoms with Crippen LogP contribution in [0.15, 0.2) is 48.5 Å². The number of hydroxylamine groups is 1. The van der Waals surface area contributed by atoms with E-state index in [0.29, 0.717) is 17.9 Å². The number of nitrogens with one attached hydrogen (secondary N) is 2. The number of amides is 2. The molecule has 2 N–H and O–H groups in total. The number of hydrogen-bond acceptors (Lipinski definition) is 7. The van der Waals surface area contributed by atoms with Crippen LogP contribution >= 0.6 is 0 Å². The summed E-state index contributed by atoms with van der Waals surface area (Å²) in [6.45, 7) is 1.98. The molecule has 3 rings (SSSR count). The summed E-state index contributed by atoms with van der Waals surface area (Å²) in [4.78, 5) is 31.1. The molecule has 2 amide bonds. The van der Waals surface area contributed by atoms with E-state index >= 15 is 0 Å². The third-order valence-corrected chi connectivity index (χ3v) is 4.83. The number of benzene rings is 2. The van der Waals surface area contributed by atoms with E-state index in [-0.39, 0.29) is 11.4 Å². The standard InChI is InChI=1S/C22H26FN7O3/c1-29(15-16-8-10-19(23)11-9-16)13-4-3-12-24-22(32)26-33-21(31)18-7-5-6-17(14-18)20-25-27-28-30(20)2/h5-11,14H,3-4,12-13,15H2,1-2H3,(H2,24,26,32). The van der Waals surface area contributed by atoms with Crippen LogP contribution in [0.5, 0.6) is 0 Å². The highest BCUT2D eigenvalue weighted by molar-refractivity contribution is 5.91. The molecular formula is C22H26FN7O3. The van der Waals surface area contributed by atoms with E-state index in [2.05, 4.69) is 31.2 Å². The predicted octanol–water partition coefficient (Wildman–Crippen LogP) is 2.30. The lowest BCUT2D eigenvalue weighted by molar-refractivity contribution is 0.0326. The van der Waals surface area contributed by atoms with Crippen molar-refractivity contribution in [3.8, 4) is 11.4 Å². The second kappa shape index (κ2) is 11.7.